The van der Waals surface area contributed by atoms with Gasteiger partial charge in [0.15, 0.2) is 17.5 Å². The number of nitrogens with zero attached hydrogens (tertiary/aromatic N) is 3. The Morgan fingerprint density at radius 2 is 2.07 bits per heavy atom. The molecule has 0 saturated carbocycles. The number of halogens is 1. The molecule has 0 spiro atoms. The molecule has 7 nitrogen and oxygen atoms in total. The van der Waals surface area contributed by atoms with Crippen LogP contribution in [0.2, 0.25) is 0 Å². The van der Waals surface area contributed by atoms with Crippen LogP contribution in [0.5, 0.6) is 11.5 Å². The number of benzene rings is 1. The highest BCUT2D eigenvalue weighted by molar-refractivity contribution is 14.0. The molecule has 29 heavy (non-hydrogen) atoms. The van der Waals surface area contributed by atoms with Gasteiger partial charge in [-0.2, -0.15) is 5.10 Å². The van der Waals surface area contributed by atoms with Crippen LogP contribution in [-0.4, -0.2) is 47.1 Å². The van der Waals surface area contributed by atoms with Crippen LogP contribution in [0.25, 0.3) is 0 Å². The van der Waals surface area contributed by atoms with Gasteiger partial charge in [0.25, 0.3) is 0 Å². The first-order valence-electron chi connectivity index (χ1n) is 9.76. The summed E-state index contributed by atoms with van der Waals surface area (Å²) in [5.74, 6) is 1.45. The lowest BCUT2D eigenvalue weighted by Crippen LogP contribution is -2.43. The van der Waals surface area contributed by atoms with Crippen LogP contribution in [0.15, 0.2) is 23.2 Å². The number of aromatic hydroxyl groups is 1. The van der Waals surface area contributed by atoms with Crippen molar-refractivity contribution < 1.29 is 9.84 Å². The van der Waals surface area contributed by atoms with Gasteiger partial charge >= 0.3 is 0 Å². The van der Waals surface area contributed by atoms with Gasteiger partial charge in [-0.3, -0.25) is 9.67 Å². The van der Waals surface area contributed by atoms with E-state index in [4.69, 9.17) is 4.74 Å². The van der Waals surface area contributed by atoms with Gasteiger partial charge in [0, 0.05) is 31.9 Å². The number of aromatic nitrogens is 2. The van der Waals surface area contributed by atoms with Crippen LogP contribution in [0, 0.1) is 13.8 Å². The Morgan fingerprint density at radius 1 is 1.34 bits per heavy atom. The third-order valence-electron chi connectivity index (χ3n) is 4.85. The Bertz CT molecular complexity index is 820. The Labute approximate surface area is 191 Å². The van der Waals surface area contributed by atoms with Crippen molar-refractivity contribution >= 4 is 29.9 Å². The van der Waals surface area contributed by atoms with Crippen molar-refractivity contribution in [1.82, 2.24) is 20.4 Å². The molecule has 0 bridgehead atoms. The van der Waals surface area contributed by atoms with Crippen molar-refractivity contribution in [3.63, 3.8) is 0 Å². The first-order valence-corrected chi connectivity index (χ1v) is 9.76. The second kappa shape index (κ2) is 11.9. The Balaban J connectivity index is 0.00000420. The minimum atomic E-state index is 0. The number of guanidine groups is 1. The average molecular weight is 515 g/mol. The van der Waals surface area contributed by atoms with Gasteiger partial charge in [-0.25, -0.2) is 0 Å². The van der Waals surface area contributed by atoms with E-state index in [0.29, 0.717) is 18.7 Å². The van der Waals surface area contributed by atoms with Crippen molar-refractivity contribution in [2.45, 2.75) is 46.6 Å². The molecule has 0 saturated heterocycles. The molecule has 0 aliphatic heterocycles. The highest BCUT2D eigenvalue weighted by Crippen LogP contribution is 2.29. The Kier molecular flexibility index (Phi) is 10.3. The summed E-state index contributed by atoms with van der Waals surface area (Å²) in [6.45, 7) is 9.69. The molecule has 0 aliphatic rings. The SMILES string of the molecule is CCNC(=NCCc1cccc(OC)c1O)NC(C)Cc1c(C)nn(C)c1C.I. The summed E-state index contributed by atoms with van der Waals surface area (Å²) in [7, 11) is 3.53. The first kappa shape index (κ1) is 25.1. The summed E-state index contributed by atoms with van der Waals surface area (Å²) in [6, 6.07) is 5.73. The molecule has 3 N–H and O–H groups in total. The molecule has 1 heterocycles. The van der Waals surface area contributed by atoms with Gasteiger partial charge in [-0.15, -0.1) is 24.0 Å². The zero-order chi connectivity index (χ0) is 20.7. The second-order valence-electron chi connectivity index (χ2n) is 7.00. The van der Waals surface area contributed by atoms with E-state index in [9.17, 15) is 5.11 Å². The fourth-order valence-corrected chi connectivity index (χ4v) is 3.25. The van der Waals surface area contributed by atoms with Crippen LogP contribution < -0.4 is 15.4 Å². The summed E-state index contributed by atoms with van der Waals surface area (Å²) < 4.78 is 7.09. The van der Waals surface area contributed by atoms with Crippen molar-refractivity contribution in [1.29, 1.82) is 0 Å². The summed E-state index contributed by atoms with van der Waals surface area (Å²) in [5.41, 5.74) is 4.37. The molecule has 162 valence electrons. The first-order chi connectivity index (χ1) is 13.4. The molecule has 0 amide bonds. The third kappa shape index (κ3) is 6.80. The minimum absolute atomic E-state index is 0. The van der Waals surface area contributed by atoms with E-state index >= 15 is 0 Å². The predicted octanol–water partition coefficient (Wildman–Crippen LogP) is 3.10. The van der Waals surface area contributed by atoms with Crippen LogP contribution in [0.4, 0.5) is 0 Å². The monoisotopic (exact) mass is 515 g/mol. The lowest BCUT2D eigenvalue weighted by Gasteiger charge is -2.18. The molecule has 1 atom stereocenters. The summed E-state index contributed by atoms with van der Waals surface area (Å²) >= 11 is 0. The fraction of sp³-hybridized carbons (Fsp3) is 0.524. The zero-order valence-electron chi connectivity index (χ0n) is 18.2. The zero-order valence-corrected chi connectivity index (χ0v) is 20.6. The van der Waals surface area contributed by atoms with Gasteiger partial charge in [-0.1, -0.05) is 12.1 Å². The van der Waals surface area contributed by atoms with Crippen LogP contribution in [-0.2, 0) is 19.9 Å². The molecule has 2 rings (SSSR count). The molecular weight excluding hydrogens is 481 g/mol. The van der Waals surface area contributed by atoms with E-state index in [1.807, 2.05) is 30.8 Å². The number of phenolic OH excluding ortho intramolecular Hbond substituents is 1. The number of rotatable bonds is 8. The summed E-state index contributed by atoms with van der Waals surface area (Å²) in [5, 5.41) is 21.5. The second-order valence-corrected chi connectivity index (χ2v) is 7.00. The van der Waals surface area contributed by atoms with E-state index < -0.39 is 0 Å². The molecule has 0 aliphatic carbocycles. The van der Waals surface area contributed by atoms with Crippen molar-refractivity contribution in [3.05, 3.63) is 40.7 Å². The van der Waals surface area contributed by atoms with Crippen LogP contribution >= 0.6 is 24.0 Å². The number of hydrogen-bond acceptors (Lipinski definition) is 4. The van der Waals surface area contributed by atoms with Crippen LogP contribution in [0.3, 0.4) is 0 Å². The molecule has 1 aromatic heterocycles. The highest BCUT2D eigenvalue weighted by atomic mass is 127. The van der Waals surface area contributed by atoms with E-state index in [-0.39, 0.29) is 35.8 Å². The molecule has 0 radical (unpaired) electrons. The normalized spacial score (nSPS) is 12.3. The fourth-order valence-electron chi connectivity index (χ4n) is 3.25. The van der Waals surface area contributed by atoms with Gasteiger partial charge in [0.05, 0.1) is 12.8 Å². The number of para-hydroxylation sites is 1. The maximum Gasteiger partial charge on any atom is 0.191 e. The highest BCUT2D eigenvalue weighted by Gasteiger charge is 2.14. The number of methoxy groups -OCH3 is 1. The quantitative estimate of drug-likeness (QED) is 0.286. The standard InChI is InChI=1S/C21H33N5O2.HI/c1-7-22-21(23-12-11-17-9-8-10-19(28-6)20(17)27)24-14(2)13-18-15(3)25-26(5)16(18)4;/h8-10,14,27H,7,11-13H2,1-6H3,(H2,22,23,24);1H. The molecular formula is C21H34IN5O2. The topological polar surface area (TPSA) is 83.7 Å². The summed E-state index contributed by atoms with van der Waals surface area (Å²) in [6.07, 6.45) is 1.52. The molecule has 2 aromatic rings. The number of hydrogen-bond donors (Lipinski definition) is 3. The predicted molar refractivity (Wildman–Crippen MR) is 129 cm³/mol. The van der Waals surface area contributed by atoms with E-state index in [1.54, 1.807) is 13.2 Å². The van der Waals surface area contributed by atoms with Gasteiger partial charge in [0.1, 0.15) is 0 Å². The Hall–Kier alpha value is -1.97. The smallest absolute Gasteiger partial charge is 0.191 e. The average Bonchev–Trinajstić information content (AvgIpc) is 2.89. The number of aryl methyl sites for hydroxylation is 2. The van der Waals surface area contributed by atoms with Crippen LogP contribution in [0.1, 0.15) is 36.4 Å². The number of phenols is 1. The minimum Gasteiger partial charge on any atom is -0.504 e. The lowest BCUT2D eigenvalue weighted by molar-refractivity contribution is 0.370. The molecule has 0 fully saturated rings. The van der Waals surface area contributed by atoms with Gasteiger partial charge in [-0.05, 0) is 57.7 Å². The Morgan fingerprint density at radius 3 is 2.66 bits per heavy atom. The van der Waals surface area contributed by atoms with Crippen molar-refractivity contribution in [2.24, 2.45) is 12.0 Å². The largest absolute Gasteiger partial charge is 0.504 e. The third-order valence-corrected chi connectivity index (χ3v) is 4.85. The van der Waals surface area contributed by atoms with E-state index in [1.165, 1.54) is 11.3 Å². The lowest BCUT2D eigenvalue weighted by atomic mass is 10.1. The number of nitrogens with one attached hydrogen (secondary N) is 2. The molecule has 1 aromatic carbocycles. The maximum absolute atomic E-state index is 10.2. The summed E-state index contributed by atoms with van der Waals surface area (Å²) in [4.78, 5) is 4.66. The van der Waals surface area contributed by atoms with Gasteiger partial charge < -0.3 is 20.5 Å². The number of aliphatic imine (C=N–C) groups is 1. The van der Waals surface area contributed by atoms with Crippen molar-refractivity contribution in [3.8, 4) is 11.5 Å². The molecule has 1 unspecified atom stereocenters. The van der Waals surface area contributed by atoms with E-state index in [0.717, 1.165) is 30.2 Å². The van der Waals surface area contributed by atoms with E-state index in [2.05, 4.69) is 41.5 Å². The van der Waals surface area contributed by atoms with Gasteiger partial charge in [0.2, 0.25) is 0 Å². The van der Waals surface area contributed by atoms with Crippen molar-refractivity contribution in [2.75, 3.05) is 20.2 Å². The number of ether oxygens (including phenoxy) is 1. The maximum atomic E-state index is 10.2. The molecule has 8 heteroatoms.